The van der Waals surface area contributed by atoms with Gasteiger partial charge in [-0.3, -0.25) is 9.59 Å². The van der Waals surface area contributed by atoms with Crippen LogP contribution in [0.3, 0.4) is 0 Å². The minimum atomic E-state index is -1.29. The molecule has 0 aliphatic carbocycles. The summed E-state index contributed by atoms with van der Waals surface area (Å²) in [5.74, 6) is -1.97. The van der Waals surface area contributed by atoms with Gasteiger partial charge in [-0.05, 0) is 11.6 Å². The highest BCUT2D eigenvalue weighted by Gasteiger charge is 2.22. The lowest BCUT2D eigenvalue weighted by molar-refractivity contribution is -0.135. The SMILES string of the molecule is O=C(O)CNC(=O)n1c(O)c(Cc2ccccc2Cl)nc(-c2ccccc2)c1=O. The molecule has 9 heteroatoms. The summed E-state index contributed by atoms with van der Waals surface area (Å²) in [6.07, 6.45) is 0.0534. The van der Waals surface area contributed by atoms with Gasteiger partial charge < -0.3 is 15.5 Å². The summed E-state index contributed by atoms with van der Waals surface area (Å²) in [4.78, 5) is 40.3. The van der Waals surface area contributed by atoms with Gasteiger partial charge in [0.15, 0.2) is 0 Å². The summed E-state index contributed by atoms with van der Waals surface area (Å²) in [6, 6.07) is 14.3. The Labute approximate surface area is 170 Å². The van der Waals surface area contributed by atoms with Crippen LogP contribution in [0.4, 0.5) is 4.79 Å². The van der Waals surface area contributed by atoms with E-state index in [1.54, 1.807) is 54.6 Å². The lowest BCUT2D eigenvalue weighted by Gasteiger charge is -2.14. The van der Waals surface area contributed by atoms with Gasteiger partial charge in [-0.1, -0.05) is 60.1 Å². The number of hydrogen-bond donors (Lipinski definition) is 3. The van der Waals surface area contributed by atoms with E-state index in [9.17, 15) is 19.5 Å². The van der Waals surface area contributed by atoms with E-state index in [4.69, 9.17) is 16.7 Å². The molecule has 0 aliphatic rings. The average molecular weight is 414 g/mol. The fourth-order valence-electron chi connectivity index (χ4n) is 2.71. The third kappa shape index (κ3) is 4.44. The molecular formula is C20H16ClN3O5. The molecule has 3 N–H and O–H groups in total. The Bertz CT molecular complexity index is 1130. The van der Waals surface area contributed by atoms with Gasteiger partial charge in [0.1, 0.15) is 17.9 Å². The van der Waals surface area contributed by atoms with Crippen LogP contribution in [0.25, 0.3) is 11.3 Å². The lowest BCUT2D eigenvalue weighted by atomic mass is 10.1. The molecule has 3 rings (SSSR count). The number of benzene rings is 2. The second-order valence-electron chi connectivity index (χ2n) is 6.06. The Balaban J connectivity index is 2.16. The van der Waals surface area contributed by atoms with Crippen molar-refractivity contribution in [2.45, 2.75) is 6.42 Å². The van der Waals surface area contributed by atoms with Gasteiger partial charge in [0.25, 0.3) is 5.56 Å². The van der Waals surface area contributed by atoms with Crippen molar-refractivity contribution < 1.29 is 19.8 Å². The first-order chi connectivity index (χ1) is 13.9. The zero-order valence-corrected chi connectivity index (χ0v) is 15.8. The summed E-state index contributed by atoms with van der Waals surface area (Å²) in [6.45, 7) is -0.715. The fourth-order valence-corrected chi connectivity index (χ4v) is 2.91. The van der Waals surface area contributed by atoms with Gasteiger partial charge >= 0.3 is 12.0 Å². The molecule has 1 aromatic heterocycles. The van der Waals surface area contributed by atoms with Crippen molar-refractivity contribution in [3.63, 3.8) is 0 Å². The van der Waals surface area contributed by atoms with Gasteiger partial charge in [-0.2, -0.15) is 4.57 Å². The molecule has 8 nitrogen and oxygen atoms in total. The van der Waals surface area contributed by atoms with Crippen LogP contribution in [0, 0.1) is 0 Å². The van der Waals surface area contributed by atoms with Crippen LogP contribution < -0.4 is 10.9 Å². The maximum Gasteiger partial charge on any atom is 0.332 e. The molecule has 2 aromatic carbocycles. The monoisotopic (exact) mass is 413 g/mol. The zero-order chi connectivity index (χ0) is 21.0. The Kier molecular flexibility index (Phi) is 5.94. The summed E-state index contributed by atoms with van der Waals surface area (Å²) in [5, 5.41) is 21.9. The number of aromatic nitrogens is 2. The van der Waals surface area contributed by atoms with Gasteiger partial charge in [0, 0.05) is 17.0 Å². The quantitative estimate of drug-likeness (QED) is 0.590. The fraction of sp³-hybridized carbons (Fsp3) is 0.100. The number of aromatic hydroxyl groups is 1. The highest BCUT2D eigenvalue weighted by Crippen LogP contribution is 2.24. The Morgan fingerprint density at radius 3 is 2.38 bits per heavy atom. The van der Waals surface area contributed by atoms with E-state index in [-0.39, 0.29) is 17.8 Å². The smallest absolute Gasteiger partial charge is 0.332 e. The number of carbonyl (C=O) groups is 2. The highest BCUT2D eigenvalue weighted by atomic mass is 35.5. The standard InChI is InChI=1S/C20H16ClN3O5/c21-14-9-5-4-8-13(14)10-15-18(27)24(20(29)22-11-16(25)26)19(28)17(23-15)12-6-2-1-3-7-12/h1-9,27H,10-11H2,(H,22,29)(H,25,26). The van der Waals surface area contributed by atoms with Crippen LogP contribution >= 0.6 is 11.6 Å². The van der Waals surface area contributed by atoms with Gasteiger partial charge in [0.2, 0.25) is 5.88 Å². The maximum absolute atomic E-state index is 12.9. The Morgan fingerprint density at radius 1 is 1.07 bits per heavy atom. The first-order valence-corrected chi connectivity index (χ1v) is 8.90. The number of nitrogens with zero attached hydrogens (tertiary/aromatic N) is 2. The molecule has 0 spiro atoms. The molecule has 0 radical (unpaired) electrons. The van der Waals surface area contributed by atoms with E-state index in [1.165, 1.54) is 0 Å². The van der Waals surface area contributed by atoms with E-state index in [0.717, 1.165) is 0 Å². The molecule has 0 saturated carbocycles. The van der Waals surface area contributed by atoms with Gasteiger partial charge in [0.05, 0.1) is 0 Å². The van der Waals surface area contributed by atoms with E-state index in [2.05, 4.69) is 10.3 Å². The predicted molar refractivity (Wildman–Crippen MR) is 106 cm³/mol. The number of amides is 1. The van der Waals surface area contributed by atoms with Crippen LogP contribution in [-0.4, -0.2) is 38.3 Å². The van der Waals surface area contributed by atoms with Crippen LogP contribution in [0.1, 0.15) is 11.3 Å². The molecule has 1 heterocycles. The largest absolute Gasteiger partial charge is 0.493 e. The number of carboxylic acid groups (broad SMARTS) is 1. The number of halogens is 1. The second kappa shape index (κ2) is 8.57. The van der Waals surface area contributed by atoms with Crippen LogP contribution in [0.2, 0.25) is 5.02 Å². The van der Waals surface area contributed by atoms with Crippen molar-refractivity contribution >= 4 is 23.6 Å². The Hall–Kier alpha value is -3.65. The molecule has 3 aromatic rings. The van der Waals surface area contributed by atoms with E-state index >= 15 is 0 Å². The summed E-state index contributed by atoms with van der Waals surface area (Å²) >= 11 is 6.18. The molecule has 0 bridgehead atoms. The third-order valence-electron chi connectivity index (χ3n) is 4.08. The maximum atomic E-state index is 12.9. The molecule has 148 valence electrons. The summed E-state index contributed by atoms with van der Waals surface area (Å²) in [7, 11) is 0. The minimum absolute atomic E-state index is 0.0435. The molecule has 0 atom stereocenters. The normalized spacial score (nSPS) is 10.5. The number of nitrogens with one attached hydrogen (secondary N) is 1. The lowest BCUT2D eigenvalue weighted by Crippen LogP contribution is -2.40. The topological polar surface area (TPSA) is 122 Å². The predicted octanol–water partition coefficient (Wildman–Crippen LogP) is 2.50. The number of rotatable bonds is 5. The number of hydrogen-bond acceptors (Lipinski definition) is 5. The number of carboxylic acids is 1. The minimum Gasteiger partial charge on any atom is -0.493 e. The first kappa shape index (κ1) is 20.1. The van der Waals surface area contributed by atoms with Gasteiger partial charge in [-0.15, -0.1) is 0 Å². The second-order valence-corrected chi connectivity index (χ2v) is 6.47. The van der Waals surface area contributed by atoms with Crippen molar-refractivity contribution in [2.75, 3.05) is 6.54 Å². The van der Waals surface area contributed by atoms with Crippen molar-refractivity contribution in [2.24, 2.45) is 0 Å². The molecule has 0 saturated heterocycles. The highest BCUT2D eigenvalue weighted by molar-refractivity contribution is 6.31. The number of carbonyl (C=O) groups excluding carboxylic acids is 1. The molecule has 0 unspecified atom stereocenters. The molecule has 0 fully saturated rings. The van der Waals surface area contributed by atoms with Crippen LogP contribution in [-0.2, 0) is 11.2 Å². The number of aliphatic carboxylic acids is 1. The average Bonchev–Trinajstić information content (AvgIpc) is 2.70. The van der Waals surface area contributed by atoms with E-state index < -0.39 is 30.0 Å². The zero-order valence-electron chi connectivity index (χ0n) is 15.0. The Morgan fingerprint density at radius 2 is 1.72 bits per heavy atom. The molecular weight excluding hydrogens is 398 g/mol. The summed E-state index contributed by atoms with van der Waals surface area (Å²) < 4.78 is 0.477. The van der Waals surface area contributed by atoms with Crippen LogP contribution in [0.5, 0.6) is 5.88 Å². The molecule has 1 amide bonds. The van der Waals surface area contributed by atoms with Crippen molar-refractivity contribution in [1.82, 2.24) is 14.9 Å². The molecule has 29 heavy (non-hydrogen) atoms. The van der Waals surface area contributed by atoms with Crippen LogP contribution in [0.15, 0.2) is 59.4 Å². The summed E-state index contributed by atoms with van der Waals surface area (Å²) in [5.41, 5.74) is 0.183. The van der Waals surface area contributed by atoms with Gasteiger partial charge in [-0.25, -0.2) is 9.78 Å². The van der Waals surface area contributed by atoms with Crippen molar-refractivity contribution in [1.29, 1.82) is 0 Å². The van der Waals surface area contributed by atoms with Crippen molar-refractivity contribution in [3.8, 4) is 17.1 Å². The molecule has 0 aliphatic heterocycles. The first-order valence-electron chi connectivity index (χ1n) is 8.52. The third-order valence-corrected chi connectivity index (χ3v) is 4.45. The van der Waals surface area contributed by atoms with Crippen molar-refractivity contribution in [3.05, 3.63) is 81.2 Å². The van der Waals surface area contributed by atoms with E-state index in [0.29, 0.717) is 20.7 Å². The van der Waals surface area contributed by atoms with E-state index in [1.807, 2.05) is 0 Å².